The van der Waals surface area contributed by atoms with E-state index in [0.29, 0.717) is 19.8 Å². The number of nitrogens with one attached hydrogen (secondary N) is 3. The maximum Gasteiger partial charge on any atom is 0.322 e. The van der Waals surface area contributed by atoms with Crippen molar-refractivity contribution in [2.24, 2.45) is 10.9 Å². The highest BCUT2D eigenvalue weighted by atomic mass is 16.5. The molecule has 0 saturated carbocycles. The molecule has 4 rings (SSSR count). The zero-order valence-electron chi connectivity index (χ0n) is 17.1. The molecule has 29 heavy (non-hydrogen) atoms. The van der Waals surface area contributed by atoms with Gasteiger partial charge in [0.25, 0.3) is 5.91 Å². The molecule has 3 heterocycles. The van der Waals surface area contributed by atoms with Gasteiger partial charge in [-0.15, -0.1) is 0 Å². The van der Waals surface area contributed by atoms with Crippen LogP contribution in [0.1, 0.15) is 43.4 Å². The third-order valence-electron chi connectivity index (χ3n) is 6.22. The number of aliphatic imine (C=N–C) groups is 1. The highest BCUT2D eigenvalue weighted by molar-refractivity contribution is 6.07. The lowest BCUT2D eigenvalue weighted by Crippen LogP contribution is -2.55. The molecule has 3 N–H and O–H groups in total. The van der Waals surface area contributed by atoms with Gasteiger partial charge < -0.3 is 20.3 Å². The summed E-state index contributed by atoms with van der Waals surface area (Å²) in [5.41, 5.74) is 2.89. The van der Waals surface area contributed by atoms with E-state index >= 15 is 0 Å². The molecule has 3 aliphatic rings. The molecule has 8 nitrogen and oxygen atoms in total. The second-order valence-electron chi connectivity index (χ2n) is 8.14. The quantitative estimate of drug-likeness (QED) is 0.405. The number of carbonyl (C=O) groups excluding carboxylic acids is 2. The fourth-order valence-electron chi connectivity index (χ4n) is 4.43. The number of rotatable bonds is 4. The van der Waals surface area contributed by atoms with Gasteiger partial charge in [-0.1, -0.05) is 18.2 Å². The largest absolute Gasteiger partial charge is 0.372 e. The summed E-state index contributed by atoms with van der Waals surface area (Å²) in [5.74, 6) is 0.791. The number of hydrogen-bond acceptors (Lipinski definition) is 4. The molecule has 2 fully saturated rings. The van der Waals surface area contributed by atoms with Gasteiger partial charge >= 0.3 is 6.03 Å². The average molecular weight is 399 g/mol. The molecule has 3 aliphatic heterocycles. The average Bonchev–Trinajstić information content (AvgIpc) is 3.28. The minimum absolute atomic E-state index is 0.116. The Bertz CT molecular complexity index is 832. The number of likely N-dealkylation sites (tertiary alicyclic amines) is 1. The van der Waals surface area contributed by atoms with Gasteiger partial charge in [0, 0.05) is 19.6 Å². The number of urea groups is 1. The predicted molar refractivity (Wildman–Crippen MR) is 109 cm³/mol. The highest BCUT2D eigenvalue weighted by Crippen LogP contribution is 2.30. The zero-order valence-corrected chi connectivity index (χ0v) is 17.1. The van der Waals surface area contributed by atoms with Crippen LogP contribution >= 0.6 is 0 Å². The Labute approximate surface area is 171 Å². The Balaban J connectivity index is 1.40. The van der Waals surface area contributed by atoms with Gasteiger partial charge in [0.1, 0.15) is 5.54 Å². The first-order valence-electron chi connectivity index (χ1n) is 10.3. The van der Waals surface area contributed by atoms with Crippen molar-refractivity contribution < 1.29 is 14.3 Å². The molecular weight excluding hydrogens is 370 g/mol. The zero-order chi connectivity index (χ0) is 20.4. The maximum absolute atomic E-state index is 12.2. The summed E-state index contributed by atoms with van der Waals surface area (Å²) < 4.78 is 5.49. The van der Waals surface area contributed by atoms with Gasteiger partial charge in [0.05, 0.1) is 19.8 Å². The third kappa shape index (κ3) is 3.94. The molecule has 0 aromatic heterocycles. The monoisotopic (exact) mass is 399 g/mol. The maximum atomic E-state index is 12.2. The van der Waals surface area contributed by atoms with E-state index in [4.69, 9.17) is 9.73 Å². The van der Waals surface area contributed by atoms with Gasteiger partial charge in [0.2, 0.25) is 0 Å². The number of nitrogens with zero attached hydrogens (tertiary/aromatic N) is 2. The third-order valence-corrected chi connectivity index (χ3v) is 6.22. The summed E-state index contributed by atoms with van der Waals surface area (Å²) in [6.07, 6.45) is 1.65. The second-order valence-corrected chi connectivity index (χ2v) is 8.14. The van der Waals surface area contributed by atoms with Crippen molar-refractivity contribution in [2.45, 2.75) is 52.0 Å². The normalized spacial score (nSPS) is 25.0. The van der Waals surface area contributed by atoms with Gasteiger partial charge in [-0.3, -0.25) is 10.1 Å². The van der Waals surface area contributed by atoms with E-state index in [0.717, 1.165) is 38.4 Å². The van der Waals surface area contributed by atoms with Crippen molar-refractivity contribution >= 4 is 17.9 Å². The second kappa shape index (κ2) is 8.02. The molecule has 1 atom stereocenters. The first-order valence-corrected chi connectivity index (χ1v) is 10.3. The predicted octanol–water partition coefficient (Wildman–Crippen LogP) is 1.49. The molecule has 3 amide bonds. The van der Waals surface area contributed by atoms with E-state index in [1.165, 1.54) is 16.7 Å². The molecule has 8 heteroatoms. The van der Waals surface area contributed by atoms with Crippen LogP contribution in [0.15, 0.2) is 23.2 Å². The topological polar surface area (TPSA) is 95.1 Å². The number of fused-ring (bicyclic) bond motifs is 1. The Kier molecular flexibility index (Phi) is 5.45. The van der Waals surface area contributed by atoms with Crippen LogP contribution in [0.5, 0.6) is 0 Å². The van der Waals surface area contributed by atoms with Crippen molar-refractivity contribution in [3.05, 3.63) is 34.9 Å². The molecule has 2 saturated heterocycles. The first kappa shape index (κ1) is 19.7. The SMILES string of the molecule is CCNC(=NCc1ccc2c(c1)COC2)N1CCC(C2(C)NC(=O)NC2=O)CC1. The van der Waals surface area contributed by atoms with Gasteiger partial charge in [-0.05, 0) is 49.3 Å². The van der Waals surface area contributed by atoms with Crippen LogP contribution in [0.25, 0.3) is 0 Å². The number of amides is 3. The molecule has 156 valence electrons. The highest BCUT2D eigenvalue weighted by Gasteiger charge is 2.48. The Morgan fingerprint density at radius 2 is 2.03 bits per heavy atom. The number of guanidine groups is 1. The Morgan fingerprint density at radius 3 is 2.72 bits per heavy atom. The molecule has 0 spiro atoms. The number of imide groups is 1. The van der Waals surface area contributed by atoms with Crippen molar-refractivity contribution in [1.82, 2.24) is 20.9 Å². The van der Waals surface area contributed by atoms with Gasteiger partial charge in [-0.25, -0.2) is 9.79 Å². The smallest absolute Gasteiger partial charge is 0.322 e. The van der Waals surface area contributed by atoms with Crippen LogP contribution in [0.2, 0.25) is 0 Å². The van der Waals surface area contributed by atoms with Crippen molar-refractivity contribution in [2.75, 3.05) is 19.6 Å². The number of ether oxygens (including phenoxy) is 1. The molecular formula is C21H29N5O3. The van der Waals surface area contributed by atoms with Crippen molar-refractivity contribution in [3.8, 4) is 0 Å². The number of carbonyl (C=O) groups is 2. The Morgan fingerprint density at radius 1 is 1.28 bits per heavy atom. The van der Waals surface area contributed by atoms with Crippen LogP contribution in [0.3, 0.4) is 0 Å². The van der Waals surface area contributed by atoms with E-state index in [-0.39, 0.29) is 11.8 Å². The molecule has 1 unspecified atom stereocenters. The Hall–Kier alpha value is -2.61. The van der Waals surface area contributed by atoms with Crippen molar-refractivity contribution in [1.29, 1.82) is 0 Å². The van der Waals surface area contributed by atoms with Gasteiger partial charge in [0.15, 0.2) is 5.96 Å². The van der Waals surface area contributed by atoms with E-state index in [2.05, 4.69) is 46.0 Å². The number of hydrogen-bond donors (Lipinski definition) is 3. The lowest BCUT2D eigenvalue weighted by Gasteiger charge is -2.39. The fraction of sp³-hybridized carbons (Fsp3) is 0.571. The minimum atomic E-state index is -0.814. The summed E-state index contributed by atoms with van der Waals surface area (Å²) in [6, 6.07) is 6.04. The minimum Gasteiger partial charge on any atom is -0.372 e. The summed E-state index contributed by atoms with van der Waals surface area (Å²) >= 11 is 0. The fourth-order valence-corrected chi connectivity index (χ4v) is 4.43. The van der Waals surface area contributed by atoms with Crippen LogP contribution in [0, 0.1) is 5.92 Å². The lowest BCUT2D eigenvalue weighted by molar-refractivity contribution is -0.125. The number of piperidine rings is 1. The summed E-state index contributed by atoms with van der Waals surface area (Å²) in [4.78, 5) is 30.9. The molecule has 0 bridgehead atoms. The first-order chi connectivity index (χ1) is 14.0. The lowest BCUT2D eigenvalue weighted by atomic mass is 9.79. The van der Waals surface area contributed by atoms with Crippen LogP contribution < -0.4 is 16.0 Å². The standard InChI is InChI=1S/C21H29N5O3/c1-3-22-19(23-11-14-4-5-15-12-29-13-16(15)10-14)26-8-6-17(7-9-26)21(2)18(27)24-20(28)25-21/h4-5,10,17H,3,6-9,11-13H2,1-2H3,(H,22,23)(H2,24,25,27,28). The molecule has 1 aromatic rings. The van der Waals surface area contributed by atoms with Crippen molar-refractivity contribution in [3.63, 3.8) is 0 Å². The van der Waals surface area contributed by atoms with Crippen LogP contribution in [0.4, 0.5) is 4.79 Å². The van der Waals surface area contributed by atoms with E-state index in [9.17, 15) is 9.59 Å². The summed E-state index contributed by atoms with van der Waals surface area (Å²) in [5, 5.41) is 8.57. The molecule has 0 radical (unpaired) electrons. The molecule has 0 aliphatic carbocycles. The van der Waals surface area contributed by atoms with Crippen LogP contribution in [-0.2, 0) is 29.3 Å². The summed E-state index contributed by atoms with van der Waals surface area (Å²) in [7, 11) is 0. The number of benzene rings is 1. The van der Waals surface area contributed by atoms with E-state index < -0.39 is 11.6 Å². The van der Waals surface area contributed by atoms with Gasteiger partial charge in [-0.2, -0.15) is 0 Å². The summed E-state index contributed by atoms with van der Waals surface area (Å²) in [6.45, 7) is 8.29. The van der Waals surface area contributed by atoms with E-state index in [1.807, 2.05) is 6.92 Å². The van der Waals surface area contributed by atoms with Crippen LogP contribution in [-0.4, -0.2) is 48.0 Å². The molecule has 1 aromatic carbocycles. The van der Waals surface area contributed by atoms with E-state index in [1.54, 1.807) is 0 Å².